The zero-order valence-corrected chi connectivity index (χ0v) is 13.4. The van der Waals surface area contributed by atoms with Gasteiger partial charge in [0.05, 0.1) is 12.3 Å². The van der Waals surface area contributed by atoms with E-state index in [1.165, 1.54) is 11.8 Å². The van der Waals surface area contributed by atoms with Crippen LogP contribution in [0, 0.1) is 0 Å². The van der Waals surface area contributed by atoms with Gasteiger partial charge in [0.2, 0.25) is 0 Å². The summed E-state index contributed by atoms with van der Waals surface area (Å²) in [5, 5.41) is 11.1. The number of thiocarbonyl (C=S) groups is 1. The average molecular weight is 329 g/mol. The van der Waals surface area contributed by atoms with Gasteiger partial charge in [-0.1, -0.05) is 84.6 Å². The zero-order valence-electron chi connectivity index (χ0n) is 11.8. The number of Topliss-reactive ketones (excluding diaryl/α,β-unsaturated/α-hetero) is 1. The Morgan fingerprint density at radius 1 is 1.14 bits per heavy atom. The van der Waals surface area contributed by atoms with E-state index in [0.717, 1.165) is 5.56 Å². The van der Waals surface area contributed by atoms with Gasteiger partial charge in [-0.25, -0.2) is 0 Å². The first-order valence-electron chi connectivity index (χ1n) is 6.92. The molecule has 1 atom stereocenters. The third-order valence-electron chi connectivity index (χ3n) is 3.70. The smallest absolute Gasteiger partial charge is 0.182 e. The molecule has 112 valence electrons. The van der Waals surface area contributed by atoms with Gasteiger partial charge in [-0.3, -0.25) is 4.79 Å². The normalized spacial score (nSPS) is 21.1. The van der Waals surface area contributed by atoms with Gasteiger partial charge in [0.1, 0.15) is 4.32 Å². The van der Waals surface area contributed by atoms with Crippen LogP contribution in [0.15, 0.2) is 60.7 Å². The molecule has 2 aromatic rings. The quantitative estimate of drug-likeness (QED) is 0.690. The van der Waals surface area contributed by atoms with E-state index in [4.69, 9.17) is 12.2 Å². The van der Waals surface area contributed by atoms with E-state index in [0.29, 0.717) is 15.6 Å². The minimum absolute atomic E-state index is 0.0557. The van der Waals surface area contributed by atoms with Crippen LogP contribution in [0.4, 0.5) is 0 Å². The van der Waals surface area contributed by atoms with E-state index < -0.39 is 5.72 Å². The van der Waals surface area contributed by atoms with E-state index in [1.807, 2.05) is 48.5 Å². The van der Waals surface area contributed by atoms with Crippen LogP contribution in [0.3, 0.4) is 0 Å². The standard InChI is InChI=1S/C17H15NO2S2/c19-15(13-7-3-1-4-8-13)11-18-16(21)22-12-17(18,20)14-9-5-2-6-10-14/h1-10,20H,11-12H2. The molecule has 1 heterocycles. The number of rotatable bonds is 4. The third-order valence-corrected chi connectivity index (χ3v) is 5.29. The highest BCUT2D eigenvalue weighted by molar-refractivity contribution is 8.23. The van der Waals surface area contributed by atoms with E-state index in [2.05, 4.69) is 0 Å². The summed E-state index contributed by atoms with van der Waals surface area (Å²) in [4.78, 5) is 14.1. The second-order valence-electron chi connectivity index (χ2n) is 5.11. The average Bonchev–Trinajstić information content (AvgIpc) is 2.86. The van der Waals surface area contributed by atoms with Crippen molar-refractivity contribution in [3.8, 4) is 0 Å². The lowest BCUT2D eigenvalue weighted by molar-refractivity contribution is -0.0430. The Balaban J connectivity index is 1.87. The fraction of sp³-hybridized carbons (Fsp3) is 0.176. The molecule has 0 bridgehead atoms. The molecule has 0 spiro atoms. The largest absolute Gasteiger partial charge is 0.366 e. The molecule has 22 heavy (non-hydrogen) atoms. The first-order valence-corrected chi connectivity index (χ1v) is 8.31. The van der Waals surface area contributed by atoms with E-state index in [9.17, 15) is 9.90 Å². The van der Waals surface area contributed by atoms with Gasteiger partial charge in [-0.05, 0) is 0 Å². The van der Waals surface area contributed by atoms with Crippen LogP contribution >= 0.6 is 24.0 Å². The lowest BCUT2D eigenvalue weighted by Gasteiger charge is -2.33. The summed E-state index contributed by atoms with van der Waals surface area (Å²) in [5.74, 6) is 0.373. The van der Waals surface area contributed by atoms with Crippen LogP contribution in [0.25, 0.3) is 0 Å². The monoisotopic (exact) mass is 329 g/mol. The minimum atomic E-state index is -1.23. The molecule has 1 saturated heterocycles. The molecular weight excluding hydrogens is 314 g/mol. The van der Waals surface area contributed by atoms with Crippen LogP contribution in [0.2, 0.25) is 0 Å². The maximum Gasteiger partial charge on any atom is 0.182 e. The number of nitrogens with zero attached hydrogens (tertiary/aromatic N) is 1. The number of aliphatic hydroxyl groups is 1. The summed E-state index contributed by atoms with van der Waals surface area (Å²) in [6, 6.07) is 18.4. The number of hydrogen-bond donors (Lipinski definition) is 1. The van der Waals surface area contributed by atoms with Gasteiger partial charge in [-0.2, -0.15) is 0 Å². The Hall–Kier alpha value is -1.69. The van der Waals surface area contributed by atoms with Crippen molar-refractivity contribution in [3.05, 3.63) is 71.8 Å². The first kappa shape index (κ1) is 15.2. The summed E-state index contributed by atoms with van der Waals surface area (Å²) < 4.78 is 0.552. The molecular formula is C17H15NO2S2. The minimum Gasteiger partial charge on any atom is -0.366 e. The number of ketones is 1. The van der Waals surface area contributed by atoms with Gasteiger partial charge in [0, 0.05) is 11.1 Å². The zero-order chi connectivity index (χ0) is 15.6. The SMILES string of the molecule is O=C(CN1C(=S)SCC1(O)c1ccccc1)c1ccccc1. The number of thioether (sulfide) groups is 1. The van der Waals surface area contributed by atoms with Crippen LogP contribution in [0.1, 0.15) is 15.9 Å². The number of carbonyl (C=O) groups excluding carboxylic acids is 1. The Bertz CT molecular complexity index is 690. The lowest BCUT2D eigenvalue weighted by Crippen LogP contribution is -2.46. The molecule has 0 aromatic heterocycles. The predicted octanol–water partition coefficient (Wildman–Crippen LogP) is 3.05. The van der Waals surface area contributed by atoms with E-state index in [1.54, 1.807) is 17.0 Å². The third kappa shape index (κ3) is 2.79. The molecule has 1 fully saturated rings. The molecule has 5 heteroatoms. The number of benzene rings is 2. The highest BCUT2D eigenvalue weighted by Gasteiger charge is 2.44. The highest BCUT2D eigenvalue weighted by Crippen LogP contribution is 2.38. The summed E-state index contributed by atoms with van der Waals surface area (Å²) in [6.07, 6.45) is 0. The van der Waals surface area contributed by atoms with E-state index >= 15 is 0 Å². The van der Waals surface area contributed by atoms with Crippen molar-refractivity contribution >= 4 is 34.1 Å². The van der Waals surface area contributed by atoms with Gasteiger partial charge < -0.3 is 10.0 Å². The fourth-order valence-electron chi connectivity index (χ4n) is 2.47. The highest BCUT2D eigenvalue weighted by atomic mass is 32.2. The Labute approximate surface area is 139 Å². The Morgan fingerprint density at radius 3 is 2.36 bits per heavy atom. The molecule has 0 radical (unpaired) electrons. The molecule has 2 aromatic carbocycles. The van der Waals surface area contributed by atoms with Crippen molar-refractivity contribution in [2.45, 2.75) is 5.72 Å². The lowest BCUT2D eigenvalue weighted by atomic mass is 10.0. The number of carbonyl (C=O) groups is 1. The maximum absolute atomic E-state index is 12.4. The van der Waals surface area contributed by atoms with Crippen molar-refractivity contribution in [1.82, 2.24) is 4.90 Å². The Morgan fingerprint density at radius 2 is 1.73 bits per heavy atom. The molecule has 1 aliphatic rings. The van der Waals surface area contributed by atoms with Crippen molar-refractivity contribution in [2.24, 2.45) is 0 Å². The van der Waals surface area contributed by atoms with Crippen molar-refractivity contribution in [1.29, 1.82) is 0 Å². The predicted molar refractivity (Wildman–Crippen MR) is 92.9 cm³/mol. The van der Waals surface area contributed by atoms with Crippen molar-refractivity contribution in [3.63, 3.8) is 0 Å². The number of hydrogen-bond acceptors (Lipinski definition) is 4. The summed E-state index contributed by atoms with van der Waals surface area (Å²) in [7, 11) is 0. The molecule has 3 rings (SSSR count). The van der Waals surface area contributed by atoms with Gasteiger partial charge in [0.15, 0.2) is 11.5 Å². The molecule has 3 nitrogen and oxygen atoms in total. The van der Waals surface area contributed by atoms with Crippen LogP contribution in [0.5, 0.6) is 0 Å². The Kier molecular flexibility index (Phi) is 4.29. The molecule has 0 saturated carbocycles. The molecule has 0 aliphatic carbocycles. The molecule has 1 aliphatic heterocycles. The second kappa shape index (κ2) is 6.20. The molecule has 1 unspecified atom stereocenters. The van der Waals surface area contributed by atoms with Crippen LogP contribution in [-0.2, 0) is 5.72 Å². The summed E-state index contributed by atoms with van der Waals surface area (Å²) >= 11 is 6.73. The fourth-order valence-corrected chi connectivity index (χ4v) is 3.88. The summed E-state index contributed by atoms with van der Waals surface area (Å²) in [5.41, 5.74) is 0.147. The first-order chi connectivity index (χ1) is 10.6. The van der Waals surface area contributed by atoms with Gasteiger partial charge in [-0.15, -0.1) is 0 Å². The maximum atomic E-state index is 12.4. The molecule has 0 amide bonds. The topological polar surface area (TPSA) is 40.5 Å². The molecule has 1 N–H and O–H groups in total. The van der Waals surface area contributed by atoms with Gasteiger partial charge >= 0.3 is 0 Å². The van der Waals surface area contributed by atoms with Crippen molar-refractivity contribution < 1.29 is 9.90 Å². The van der Waals surface area contributed by atoms with E-state index in [-0.39, 0.29) is 12.3 Å². The van der Waals surface area contributed by atoms with Crippen molar-refractivity contribution in [2.75, 3.05) is 12.3 Å². The summed E-state index contributed by atoms with van der Waals surface area (Å²) in [6.45, 7) is 0.0707. The van der Waals surface area contributed by atoms with Crippen LogP contribution in [-0.4, -0.2) is 32.4 Å². The second-order valence-corrected chi connectivity index (χ2v) is 6.72. The van der Waals surface area contributed by atoms with Gasteiger partial charge in [0.25, 0.3) is 0 Å². The van der Waals surface area contributed by atoms with Crippen LogP contribution < -0.4 is 0 Å².